The summed E-state index contributed by atoms with van der Waals surface area (Å²) in [5.74, 6) is 2.55. The van der Waals surface area contributed by atoms with E-state index in [1.807, 2.05) is 41.2 Å². The Kier molecular flexibility index (Phi) is 7.45. The highest BCUT2D eigenvalue weighted by atomic mass is 127. The second kappa shape index (κ2) is 9.82. The van der Waals surface area contributed by atoms with Gasteiger partial charge in [-0.15, -0.1) is 24.0 Å². The van der Waals surface area contributed by atoms with E-state index in [1.54, 1.807) is 25.8 Å². The fraction of sp³-hybridized carbons (Fsp3) is 0.235. The number of nitrogens with one attached hydrogen (secondary N) is 2. The minimum atomic E-state index is 0. The molecule has 0 atom stereocenters. The van der Waals surface area contributed by atoms with Gasteiger partial charge in [-0.05, 0) is 23.8 Å². The highest BCUT2D eigenvalue weighted by molar-refractivity contribution is 14.0. The first-order valence-electron chi connectivity index (χ1n) is 7.75. The van der Waals surface area contributed by atoms with Gasteiger partial charge in [-0.2, -0.15) is 0 Å². The molecule has 0 bridgehead atoms. The zero-order valence-corrected chi connectivity index (χ0v) is 16.3. The minimum Gasteiger partial charge on any atom is -0.469 e. The second-order valence-corrected chi connectivity index (χ2v) is 5.18. The lowest BCUT2D eigenvalue weighted by Gasteiger charge is -2.11. The largest absolute Gasteiger partial charge is 0.469 e. The standard InChI is InChI=1S/C17H20N6O.HI/c1-18-17(20-7-6-15-3-2-10-24-15)22-12-14-4-5-16(21-11-14)23-9-8-19-13-23;/h2-5,8-11,13H,6-7,12H2,1H3,(H2,18,20,22);1H. The van der Waals surface area contributed by atoms with Crippen molar-refractivity contribution < 1.29 is 4.42 Å². The Hall–Kier alpha value is -2.36. The van der Waals surface area contributed by atoms with Crippen LogP contribution in [0.5, 0.6) is 0 Å². The van der Waals surface area contributed by atoms with Crippen LogP contribution in [-0.4, -0.2) is 34.1 Å². The molecule has 0 aliphatic rings. The summed E-state index contributed by atoms with van der Waals surface area (Å²) in [6.07, 6.45) is 9.67. The van der Waals surface area contributed by atoms with E-state index >= 15 is 0 Å². The zero-order valence-electron chi connectivity index (χ0n) is 13.9. The molecule has 7 nitrogen and oxygen atoms in total. The predicted octanol–water partition coefficient (Wildman–Crippen LogP) is 2.39. The number of furan rings is 1. The van der Waals surface area contributed by atoms with E-state index in [0.29, 0.717) is 6.54 Å². The number of imidazole rings is 1. The van der Waals surface area contributed by atoms with Crippen LogP contribution in [0.4, 0.5) is 0 Å². The number of hydrogen-bond donors (Lipinski definition) is 2. The SMILES string of the molecule is CN=C(NCCc1ccco1)NCc1ccc(-n2ccnc2)nc1.I. The molecule has 0 fully saturated rings. The zero-order chi connectivity index (χ0) is 16.6. The number of hydrogen-bond acceptors (Lipinski definition) is 4. The van der Waals surface area contributed by atoms with Gasteiger partial charge in [0.05, 0.1) is 6.26 Å². The molecule has 25 heavy (non-hydrogen) atoms. The molecule has 0 unspecified atom stereocenters. The van der Waals surface area contributed by atoms with E-state index in [1.165, 1.54) is 0 Å². The number of halogens is 1. The van der Waals surface area contributed by atoms with Crippen LogP contribution < -0.4 is 10.6 Å². The maximum atomic E-state index is 5.31. The molecule has 0 aliphatic heterocycles. The third-order valence-electron chi connectivity index (χ3n) is 3.51. The lowest BCUT2D eigenvalue weighted by Crippen LogP contribution is -2.37. The first-order valence-corrected chi connectivity index (χ1v) is 7.75. The summed E-state index contributed by atoms with van der Waals surface area (Å²) in [5.41, 5.74) is 1.08. The Morgan fingerprint density at radius 3 is 2.84 bits per heavy atom. The number of aromatic nitrogens is 3. The molecule has 8 heteroatoms. The van der Waals surface area contributed by atoms with Gasteiger partial charge >= 0.3 is 0 Å². The average Bonchev–Trinajstić information content (AvgIpc) is 3.32. The molecule has 0 saturated heterocycles. The van der Waals surface area contributed by atoms with Crippen molar-refractivity contribution in [1.29, 1.82) is 0 Å². The summed E-state index contributed by atoms with van der Waals surface area (Å²) in [6, 6.07) is 7.85. The molecular formula is C17H21IN6O. The monoisotopic (exact) mass is 452 g/mol. The van der Waals surface area contributed by atoms with Crippen LogP contribution in [0.1, 0.15) is 11.3 Å². The van der Waals surface area contributed by atoms with Gasteiger partial charge in [0.1, 0.15) is 17.9 Å². The van der Waals surface area contributed by atoms with Crippen molar-refractivity contribution in [2.75, 3.05) is 13.6 Å². The van der Waals surface area contributed by atoms with Gasteiger partial charge in [0.25, 0.3) is 0 Å². The normalized spacial score (nSPS) is 11.0. The highest BCUT2D eigenvalue weighted by Gasteiger charge is 2.01. The van der Waals surface area contributed by atoms with Crippen LogP contribution in [-0.2, 0) is 13.0 Å². The maximum absolute atomic E-state index is 5.31. The minimum absolute atomic E-state index is 0. The van der Waals surface area contributed by atoms with Crippen LogP contribution in [0.2, 0.25) is 0 Å². The van der Waals surface area contributed by atoms with E-state index in [2.05, 4.69) is 25.6 Å². The summed E-state index contributed by atoms with van der Waals surface area (Å²) in [6.45, 7) is 1.41. The van der Waals surface area contributed by atoms with Crippen molar-refractivity contribution in [2.24, 2.45) is 4.99 Å². The van der Waals surface area contributed by atoms with Gasteiger partial charge in [0, 0.05) is 45.1 Å². The number of guanidine groups is 1. The van der Waals surface area contributed by atoms with Crippen molar-refractivity contribution >= 4 is 29.9 Å². The van der Waals surface area contributed by atoms with Crippen molar-refractivity contribution in [1.82, 2.24) is 25.2 Å². The molecule has 0 spiro atoms. The Morgan fingerprint density at radius 2 is 2.20 bits per heavy atom. The van der Waals surface area contributed by atoms with Crippen molar-refractivity contribution in [3.8, 4) is 5.82 Å². The fourth-order valence-electron chi connectivity index (χ4n) is 2.23. The smallest absolute Gasteiger partial charge is 0.191 e. The molecule has 3 aromatic heterocycles. The van der Waals surface area contributed by atoms with Gasteiger partial charge in [0.2, 0.25) is 0 Å². The lowest BCUT2D eigenvalue weighted by atomic mass is 10.3. The van der Waals surface area contributed by atoms with Crippen molar-refractivity contribution in [3.63, 3.8) is 0 Å². The Balaban J connectivity index is 0.00000225. The molecule has 0 aliphatic carbocycles. The highest BCUT2D eigenvalue weighted by Crippen LogP contribution is 2.05. The molecule has 0 aromatic carbocycles. The van der Waals surface area contributed by atoms with Crippen LogP contribution in [0.25, 0.3) is 5.82 Å². The molecule has 0 radical (unpaired) electrons. The molecule has 132 valence electrons. The average molecular weight is 452 g/mol. The lowest BCUT2D eigenvalue weighted by molar-refractivity contribution is 0.507. The van der Waals surface area contributed by atoms with Gasteiger partial charge < -0.3 is 15.1 Å². The first-order chi connectivity index (χ1) is 11.8. The van der Waals surface area contributed by atoms with Gasteiger partial charge in [0.15, 0.2) is 5.96 Å². The Bertz CT molecular complexity index is 753. The van der Waals surface area contributed by atoms with E-state index in [9.17, 15) is 0 Å². The van der Waals surface area contributed by atoms with Gasteiger partial charge in [-0.1, -0.05) is 6.07 Å². The predicted molar refractivity (Wildman–Crippen MR) is 107 cm³/mol. The van der Waals surface area contributed by atoms with Gasteiger partial charge in [-0.25, -0.2) is 9.97 Å². The summed E-state index contributed by atoms with van der Waals surface area (Å²) in [5, 5.41) is 6.53. The van der Waals surface area contributed by atoms with E-state index in [4.69, 9.17) is 4.42 Å². The third-order valence-corrected chi connectivity index (χ3v) is 3.51. The Labute approximate surface area is 163 Å². The fourth-order valence-corrected chi connectivity index (χ4v) is 2.23. The van der Waals surface area contributed by atoms with Gasteiger partial charge in [-0.3, -0.25) is 9.56 Å². The molecule has 3 heterocycles. The number of rotatable bonds is 6. The van der Waals surface area contributed by atoms with E-state index < -0.39 is 0 Å². The summed E-state index contributed by atoms with van der Waals surface area (Å²) >= 11 is 0. The topological polar surface area (TPSA) is 80.3 Å². The number of aliphatic imine (C=N–C) groups is 1. The van der Waals surface area contributed by atoms with Crippen LogP contribution in [0, 0.1) is 0 Å². The summed E-state index contributed by atoms with van der Waals surface area (Å²) < 4.78 is 7.17. The third kappa shape index (κ3) is 5.59. The maximum Gasteiger partial charge on any atom is 0.191 e. The molecule has 2 N–H and O–H groups in total. The summed E-state index contributed by atoms with van der Waals surface area (Å²) in [4.78, 5) is 12.7. The second-order valence-electron chi connectivity index (χ2n) is 5.18. The van der Waals surface area contributed by atoms with Crippen LogP contribution in [0.3, 0.4) is 0 Å². The molecule has 0 saturated carbocycles. The molecule has 0 amide bonds. The van der Waals surface area contributed by atoms with E-state index in [0.717, 1.165) is 36.1 Å². The summed E-state index contributed by atoms with van der Waals surface area (Å²) in [7, 11) is 1.75. The number of pyridine rings is 1. The number of nitrogens with zero attached hydrogens (tertiary/aromatic N) is 4. The molecular weight excluding hydrogens is 431 g/mol. The van der Waals surface area contributed by atoms with E-state index in [-0.39, 0.29) is 24.0 Å². The van der Waals surface area contributed by atoms with Crippen LogP contribution in [0.15, 0.2) is 64.9 Å². The quantitative estimate of drug-likeness (QED) is 0.341. The molecule has 3 aromatic rings. The van der Waals surface area contributed by atoms with Crippen molar-refractivity contribution in [2.45, 2.75) is 13.0 Å². The van der Waals surface area contributed by atoms with Crippen molar-refractivity contribution in [3.05, 3.63) is 66.8 Å². The molecule has 3 rings (SSSR count). The van der Waals surface area contributed by atoms with Crippen LogP contribution >= 0.6 is 24.0 Å². The first kappa shape index (κ1) is 19.0. The Morgan fingerprint density at radius 1 is 1.28 bits per heavy atom.